The van der Waals surface area contributed by atoms with Gasteiger partial charge in [-0.15, -0.1) is 0 Å². The SMILES string of the molecule is O=C(COC(=O)c1cc(=O)[nH]c(=O)[nH]1)Nc1ccc(Cl)cc1C(=O)c1ccccc1. The maximum atomic E-state index is 12.8. The molecule has 0 radical (unpaired) electrons. The minimum absolute atomic E-state index is 0.160. The number of rotatable bonds is 6. The van der Waals surface area contributed by atoms with E-state index in [0.29, 0.717) is 10.6 Å². The third kappa shape index (κ3) is 5.09. The number of hydrogen-bond acceptors (Lipinski definition) is 6. The minimum atomic E-state index is -1.06. The number of aromatic nitrogens is 2. The van der Waals surface area contributed by atoms with Gasteiger partial charge in [-0.05, 0) is 18.2 Å². The normalized spacial score (nSPS) is 10.3. The molecule has 152 valence electrons. The van der Waals surface area contributed by atoms with E-state index in [0.717, 1.165) is 6.07 Å². The van der Waals surface area contributed by atoms with Gasteiger partial charge in [-0.3, -0.25) is 19.4 Å². The molecule has 0 aliphatic rings. The van der Waals surface area contributed by atoms with Crippen molar-refractivity contribution in [2.24, 2.45) is 0 Å². The van der Waals surface area contributed by atoms with E-state index < -0.39 is 35.4 Å². The lowest BCUT2D eigenvalue weighted by Crippen LogP contribution is -2.27. The number of aromatic amines is 2. The van der Waals surface area contributed by atoms with Crippen molar-refractivity contribution in [3.05, 3.63) is 97.3 Å². The number of carbonyl (C=O) groups excluding carboxylic acids is 3. The largest absolute Gasteiger partial charge is 0.451 e. The first-order valence-electron chi connectivity index (χ1n) is 8.53. The summed E-state index contributed by atoms with van der Waals surface area (Å²) >= 11 is 5.99. The zero-order valence-corrected chi connectivity index (χ0v) is 16.0. The van der Waals surface area contributed by atoms with Crippen LogP contribution in [0.1, 0.15) is 26.4 Å². The number of ketones is 1. The van der Waals surface area contributed by atoms with Gasteiger partial charge < -0.3 is 15.0 Å². The predicted octanol–water partition coefficient (Wildman–Crippen LogP) is 1.74. The van der Waals surface area contributed by atoms with E-state index in [1.54, 1.807) is 30.3 Å². The van der Waals surface area contributed by atoms with Crippen molar-refractivity contribution in [1.29, 1.82) is 0 Å². The molecule has 2 aromatic carbocycles. The Kier molecular flexibility index (Phi) is 6.23. The molecular weight excluding hydrogens is 414 g/mol. The molecule has 0 aliphatic heterocycles. The molecule has 10 heteroatoms. The number of benzene rings is 2. The Balaban J connectivity index is 1.72. The summed E-state index contributed by atoms with van der Waals surface area (Å²) in [6.45, 7) is -0.713. The third-order valence-corrected chi connectivity index (χ3v) is 4.09. The summed E-state index contributed by atoms with van der Waals surface area (Å²) in [5.74, 6) is -2.16. The van der Waals surface area contributed by atoms with Crippen LogP contribution in [0.5, 0.6) is 0 Å². The fourth-order valence-electron chi connectivity index (χ4n) is 2.53. The van der Waals surface area contributed by atoms with E-state index in [1.807, 2.05) is 4.98 Å². The quantitative estimate of drug-likeness (QED) is 0.404. The number of amides is 1. The van der Waals surface area contributed by atoms with Crippen LogP contribution in [0.25, 0.3) is 0 Å². The van der Waals surface area contributed by atoms with Crippen molar-refractivity contribution in [1.82, 2.24) is 9.97 Å². The minimum Gasteiger partial charge on any atom is -0.451 e. The summed E-state index contributed by atoms with van der Waals surface area (Å²) in [7, 11) is 0. The Morgan fingerprint density at radius 3 is 2.40 bits per heavy atom. The van der Waals surface area contributed by atoms with Crippen LogP contribution in [0.2, 0.25) is 5.02 Å². The maximum absolute atomic E-state index is 12.8. The smallest absolute Gasteiger partial charge is 0.355 e. The number of ether oxygens (including phenoxy) is 1. The second-order valence-electron chi connectivity index (χ2n) is 6.01. The van der Waals surface area contributed by atoms with Gasteiger partial charge in [0.2, 0.25) is 0 Å². The molecule has 0 unspecified atom stereocenters. The summed E-state index contributed by atoms with van der Waals surface area (Å²) in [4.78, 5) is 63.3. The Morgan fingerprint density at radius 2 is 1.70 bits per heavy atom. The monoisotopic (exact) mass is 427 g/mol. The van der Waals surface area contributed by atoms with Crippen LogP contribution in [0.4, 0.5) is 5.69 Å². The van der Waals surface area contributed by atoms with Crippen molar-refractivity contribution >= 4 is 34.9 Å². The van der Waals surface area contributed by atoms with Crippen LogP contribution in [-0.4, -0.2) is 34.2 Å². The molecule has 0 atom stereocenters. The standard InChI is InChI=1S/C20H14ClN3O6/c21-12-6-7-14(13(8-12)18(27)11-4-2-1-3-5-11)22-17(26)10-30-19(28)15-9-16(25)24-20(29)23-15/h1-9H,10H2,(H,22,26)(H2,23,24,25,29). The van der Waals surface area contributed by atoms with Gasteiger partial charge in [-0.1, -0.05) is 41.9 Å². The molecule has 1 amide bonds. The lowest BCUT2D eigenvalue weighted by atomic mass is 10.0. The number of nitrogens with one attached hydrogen (secondary N) is 3. The van der Waals surface area contributed by atoms with Crippen molar-refractivity contribution in [3.63, 3.8) is 0 Å². The number of anilines is 1. The molecular formula is C20H14ClN3O6. The summed E-state index contributed by atoms with van der Waals surface area (Å²) in [6, 6.07) is 13.6. The van der Waals surface area contributed by atoms with Gasteiger partial charge in [0.15, 0.2) is 12.4 Å². The highest BCUT2D eigenvalue weighted by atomic mass is 35.5. The molecule has 3 N–H and O–H groups in total. The van der Waals surface area contributed by atoms with Crippen LogP contribution >= 0.6 is 11.6 Å². The first-order chi connectivity index (χ1) is 14.3. The maximum Gasteiger partial charge on any atom is 0.355 e. The number of carbonyl (C=O) groups is 3. The fourth-order valence-corrected chi connectivity index (χ4v) is 2.70. The number of H-pyrrole nitrogens is 2. The average Bonchev–Trinajstić information content (AvgIpc) is 2.72. The Hall–Kier alpha value is -3.98. The molecule has 30 heavy (non-hydrogen) atoms. The van der Waals surface area contributed by atoms with Crippen molar-refractivity contribution in [2.45, 2.75) is 0 Å². The van der Waals surface area contributed by atoms with E-state index >= 15 is 0 Å². The van der Waals surface area contributed by atoms with E-state index in [-0.39, 0.29) is 17.0 Å². The second-order valence-corrected chi connectivity index (χ2v) is 6.45. The lowest BCUT2D eigenvalue weighted by molar-refractivity contribution is -0.119. The molecule has 0 bridgehead atoms. The molecule has 9 nitrogen and oxygen atoms in total. The van der Waals surface area contributed by atoms with Crippen LogP contribution < -0.4 is 16.6 Å². The van der Waals surface area contributed by atoms with Gasteiger partial charge in [0.05, 0.1) is 5.69 Å². The summed E-state index contributed by atoms with van der Waals surface area (Å²) in [6.07, 6.45) is 0. The number of halogens is 1. The first kappa shape index (κ1) is 20.7. The average molecular weight is 428 g/mol. The topological polar surface area (TPSA) is 138 Å². The molecule has 3 rings (SSSR count). The van der Waals surface area contributed by atoms with E-state index in [1.165, 1.54) is 18.2 Å². The summed E-state index contributed by atoms with van der Waals surface area (Å²) in [5.41, 5.74) is -1.33. The third-order valence-electron chi connectivity index (χ3n) is 3.85. The van der Waals surface area contributed by atoms with Gasteiger partial charge >= 0.3 is 11.7 Å². The zero-order chi connectivity index (χ0) is 21.7. The van der Waals surface area contributed by atoms with E-state index in [9.17, 15) is 24.0 Å². The van der Waals surface area contributed by atoms with E-state index in [2.05, 4.69) is 10.3 Å². The molecule has 1 heterocycles. The second kappa shape index (κ2) is 9.01. The van der Waals surface area contributed by atoms with Gasteiger partial charge in [0, 0.05) is 22.2 Å². The Labute approximate surface area is 173 Å². The molecule has 0 aliphatic carbocycles. The van der Waals surface area contributed by atoms with Crippen LogP contribution in [0, 0.1) is 0 Å². The van der Waals surface area contributed by atoms with Crippen molar-refractivity contribution < 1.29 is 19.1 Å². The highest BCUT2D eigenvalue weighted by Crippen LogP contribution is 2.23. The molecule has 0 spiro atoms. The van der Waals surface area contributed by atoms with Gasteiger partial charge in [-0.2, -0.15) is 0 Å². The lowest BCUT2D eigenvalue weighted by Gasteiger charge is -2.11. The Morgan fingerprint density at radius 1 is 0.967 bits per heavy atom. The van der Waals surface area contributed by atoms with Crippen LogP contribution in [0.15, 0.2) is 64.2 Å². The van der Waals surface area contributed by atoms with Gasteiger partial charge in [-0.25, -0.2) is 9.59 Å². The highest BCUT2D eigenvalue weighted by Gasteiger charge is 2.17. The predicted molar refractivity (Wildman–Crippen MR) is 108 cm³/mol. The molecule has 0 saturated carbocycles. The Bertz CT molecular complexity index is 1200. The molecule has 0 fully saturated rings. The fraction of sp³-hybridized carbons (Fsp3) is 0.0500. The molecule has 3 aromatic rings. The van der Waals surface area contributed by atoms with Gasteiger partial charge in [0.25, 0.3) is 11.5 Å². The number of hydrogen-bond donors (Lipinski definition) is 3. The molecule has 0 saturated heterocycles. The van der Waals surface area contributed by atoms with Crippen molar-refractivity contribution in [3.8, 4) is 0 Å². The van der Waals surface area contributed by atoms with Crippen LogP contribution in [0.3, 0.4) is 0 Å². The highest BCUT2D eigenvalue weighted by molar-refractivity contribution is 6.31. The zero-order valence-electron chi connectivity index (χ0n) is 15.2. The first-order valence-corrected chi connectivity index (χ1v) is 8.91. The number of esters is 1. The summed E-state index contributed by atoms with van der Waals surface area (Å²) in [5, 5.41) is 2.79. The van der Waals surface area contributed by atoms with Gasteiger partial charge in [0.1, 0.15) is 5.69 Å². The van der Waals surface area contributed by atoms with Crippen molar-refractivity contribution in [2.75, 3.05) is 11.9 Å². The molecule has 1 aromatic heterocycles. The summed E-state index contributed by atoms with van der Waals surface area (Å²) < 4.78 is 4.80. The van der Waals surface area contributed by atoms with Crippen LogP contribution in [-0.2, 0) is 9.53 Å². The van der Waals surface area contributed by atoms with E-state index in [4.69, 9.17) is 16.3 Å².